The third-order valence-electron chi connectivity index (χ3n) is 3.39. The first-order valence-corrected chi connectivity index (χ1v) is 6.60. The first-order chi connectivity index (χ1) is 8.17. The third kappa shape index (κ3) is 4.75. The van der Waals surface area contributed by atoms with E-state index in [9.17, 15) is 9.59 Å². The maximum Gasteiger partial charge on any atom is 0.307 e. The fourth-order valence-electron chi connectivity index (χ4n) is 2.20. The molecule has 0 aromatic carbocycles. The van der Waals surface area contributed by atoms with Crippen LogP contribution in [-0.4, -0.2) is 36.5 Å². The van der Waals surface area contributed by atoms with Crippen molar-refractivity contribution in [1.29, 1.82) is 0 Å². The van der Waals surface area contributed by atoms with Gasteiger partial charge in [0.25, 0.3) is 0 Å². The van der Waals surface area contributed by atoms with Crippen LogP contribution < -0.4 is 0 Å². The molecule has 0 saturated carbocycles. The van der Waals surface area contributed by atoms with Crippen molar-refractivity contribution in [1.82, 2.24) is 4.90 Å². The van der Waals surface area contributed by atoms with Crippen LogP contribution in [0.3, 0.4) is 0 Å². The highest BCUT2D eigenvalue weighted by Crippen LogP contribution is 2.21. The first-order valence-electron chi connectivity index (χ1n) is 6.60. The van der Waals surface area contributed by atoms with Gasteiger partial charge in [0.2, 0.25) is 5.91 Å². The Hall–Kier alpha value is -1.06. The quantitative estimate of drug-likeness (QED) is 0.691. The predicted octanol–water partition coefficient (Wildman–Crippen LogP) is 1.98. The minimum Gasteiger partial charge on any atom is -0.466 e. The van der Waals surface area contributed by atoms with Crippen molar-refractivity contribution in [3.8, 4) is 0 Å². The van der Waals surface area contributed by atoms with Gasteiger partial charge < -0.3 is 9.64 Å². The molecule has 1 heterocycles. The molecule has 0 spiro atoms. The van der Waals surface area contributed by atoms with Gasteiger partial charge in [-0.15, -0.1) is 0 Å². The van der Waals surface area contributed by atoms with E-state index in [1.165, 1.54) is 0 Å². The molecule has 0 radical (unpaired) electrons. The van der Waals surface area contributed by atoms with Crippen molar-refractivity contribution in [2.45, 2.75) is 46.0 Å². The minimum absolute atomic E-state index is 0.185. The van der Waals surface area contributed by atoms with E-state index in [1.807, 2.05) is 4.90 Å². The maximum absolute atomic E-state index is 11.8. The van der Waals surface area contributed by atoms with E-state index in [1.54, 1.807) is 6.92 Å². The van der Waals surface area contributed by atoms with Crippen LogP contribution in [0.25, 0.3) is 0 Å². The molecule has 4 heteroatoms. The van der Waals surface area contributed by atoms with Gasteiger partial charge >= 0.3 is 5.97 Å². The summed E-state index contributed by atoms with van der Waals surface area (Å²) in [5.74, 6) is 0.633. The normalized spacial score (nSPS) is 21.2. The highest BCUT2D eigenvalue weighted by atomic mass is 16.5. The average Bonchev–Trinajstić information content (AvgIpc) is 2.49. The van der Waals surface area contributed by atoms with Crippen LogP contribution in [0.5, 0.6) is 0 Å². The molecule has 98 valence electrons. The monoisotopic (exact) mass is 241 g/mol. The summed E-state index contributed by atoms with van der Waals surface area (Å²) in [7, 11) is 0. The highest BCUT2D eigenvalue weighted by molar-refractivity contribution is 5.77. The number of carbonyl (C=O) groups excluding carboxylic acids is 2. The standard InChI is InChI=1S/C13H23NO3/c1-3-11-5-6-12(15)14(9-7-11)10-8-13(16)17-4-2/h11H,3-10H2,1-2H3. The smallest absolute Gasteiger partial charge is 0.307 e. The van der Waals surface area contributed by atoms with Crippen LogP contribution in [0, 0.1) is 5.92 Å². The lowest BCUT2D eigenvalue weighted by Crippen LogP contribution is -2.32. The first kappa shape index (κ1) is 14.0. The minimum atomic E-state index is -0.211. The lowest BCUT2D eigenvalue weighted by molar-refractivity contribution is -0.144. The summed E-state index contributed by atoms with van der Waals surface area (Å²) < 4.78 is 4.86. The number of nitrogens with zero attached hydrogens (tertiary/aromatic N) is 1. The molecule has 1 amide bonds. The van der Waals surface area contributed by atoms with Crippen LogP contribution in [0.2, 0.25) is 0 Å². The summed E-state index contributed by atoms with van der Waals surface area (Å²) in [6.07, 6.45) is 4.13. The number of esters is 1. The molecule has 1 unspecified atom stereocenters. The molecule has 1 atom stereocenters. The zero-order valence-corrected chi connectivity index (χ0v) is 10.9. The van der Waals surface area contributed by atoms with Gasteiger partial charge in [-0.3, -0.25) is 9.59 Å². The zero-order valence-electron chi connectivity index (χ0n) is 10.9. The molecular weight excluding hydrogens is 218 g/mol. The topological polar surface area (TPSA) is 46.6 Å². The van der Waals surface area contributed by atoms with Crippen molar-refractivity contribution in [2.75, 3.05) is 19.7 Å². The van der Waals surface area contributed by atoms with Gasteiger partial charge in [-0.2, -0.15) is 0 Å². The molecule has 1 aliphatic rings. The Balaban J connectivity index is 2.36. The zero-order chi connectivity index (χ0) is 12.7. The number of carbonyl (C=O) groups is 2. The van der Waals surface area contributed by atoms with Gasteiger partial charge in [0.05, 0.1) is 13.0 Å². The van der Waals surface area contributed by atoms with Gasteiger partial charge in [0.1, 0.15) is 0 Å². The van der Waals surface area contributed by atoms with Crippen molar-refractivity contribution >= 4 is 11.9 Å². The van der Waals surface area contributed by atoms with Gasteiger partial charge in [-0.05, 0) is 25.7 Å². The SMILES string of the molecule is CCOC(=O)CCN1CCC(CC)CCC1=O. The van der Waals surface area contributed by atoms with Gasteiger partial charge in [-0.25, -0.2) is 0 Å². The van der Waals surface area contributed by atoms with Gasteiger partial charge in [-0.1, -0.05) is 13.3 Å². The van der Waals surface area contributed by atoms with E-state index >= 15 is 0 Å². The van der Waals surface area contributed by atoms with Gasteiger partial charge in [0, 0.05) is 19.5 Å². The Kier molecular flexibility index (Phi) is 6.01. The van der Waals surface area contributed by atoms with E-state index < -0.39 is 0 Å². The van der Waals surface area contributed by atoms with Crippen molar-refractivity contribution < 1.29 is 14.3 Å². The molecule has 1 aliphatic heterocycles. The van der Waals surface area contributed by atoms with Crippen LogP contribution in [0.1, 0.15) is 46.0 Å². The number of amides is 1. The largest absolute Gasteiger partial charge is 0.466 e. The van der Waals surface area contributed by atoms with Crippen molar-refractivity contribution in [3.63, 3.8) is 0 Å². The number of hydrogen-bond donors (Lipinski definition) is 0. The Morgan fingerprint density at radius 1 is 1.41 bits per heavy atom. The Morgan fingerprint density at radius 3 is 2.82 bits per heavy atom. The summed E-state index contributed by atoms with van der Waals surface area (Å²) in [5.41, 5.74) is 0. The van der Waals surface area contributed by atoms with Crippen molar-refractivity contribution in [3.05, 3.63) is 0 Å². The van der Waals surface area contributed by atoms with Crippen LogP contribution in [-0.2, 0) is 14.3 Å². The maximum atomic E-state index is 11.8. The Labute approximate surface area is 103 Å². The third-order valence-corrected chi connectivity index (χ3v) is 3.39. The molecule has 1 fully saturated rings. The molecule has 0 aliphatic carbocycles. The Bertz CT molecular complexity index is 265. The predicted molar refractivity (Wildman–Crippen MR) is 65.5 cm³/mol. The molecule has 0 bridgehead atoms. The molecule has 0 aromatic heterocycles. The average molecular weight is 241 g/mol. The number of rotatable bonds is 5. The van der Waals surface area contributed by atoms with Gasteiger partial charge in [0.15, 0.2) is 0 Å². The molecule has 17 heavy (non-hydrogen) atoms. The molecule has 0 aromatic rings. The van der Waals surface area contributed by atoms with E-state index in [0.29, 0.717) is 31.9 Å². The van der Waals surface area contributed by atoms with E-state index in [0.717, 1.165) is 25.8 Å². The second kappa shape index (κ2) is 7.30. The van der Waals surface area contributed by atoms with E-state index in [2.05, 4.69) is 6.92 Å². The van der Waals surface area contributed by atoms with E-state index in [-0.39, 0.29) is 11.9 Å². The van der Waals surface area contributed by atoms with Crippen molar-refractivity contribution in [2.24, 2.45) is 5.92 Å². The second-order valence-electron chi connectivity index (χ2n) is 4.54. The fraction of sp³-hybridized carbons (Fsp3) is 0.846. The van der Waals surface area contributed by atoms with Crippen LogP contribution in [0.4, 0.5) is 0 Å². The second-order valence-corrected chi connectivity index (χ2v) is 4.54. The van der Waals surface area contributed by atoms with E-state index in [4.69, 9.17) is 4.74 Å². The van der Waals surface area contributed by atoms with Crippen LogP contribution >= 0.6 is 0 Å². The number of likely N-dealkylation sites (tertiary alicyclic amines) is 1. The fourth-order valence-corrected chi connectivity index (χ4v) is 2.20. The summed E-state index contributed by atoms with van der Waals surface area (Å²) in [5, 5.41) is 0. The summed E-state index contributed by atoms with van der Waals surface area (Å²) in [6, 6.07) is 0. The molecule has 1 rings (SSSR count). The molecule has 1 saturated heterocycles. The molecular formula is C13H23NO3. The summed E-state index contributed by atoms with van der Waals surface area (Å²) in [4.78, 5) is 24.9. The lowest BCUT2D eigenvalue weighted by atomic mass is 9.98. The summed E-state index contributed by atoms with van der Waals surface area (Å²) in [6.45, 7) is 5.67. The summed E-state index contributed by atoms with van der Waals surface area (Å²) >= 11 is 0. The lowest BCUT2D eigenvalue weighted by Gasteiger charge is -2.20. The highest BCUT2D eigenvalue weighted by Gasteiger charge is 2.21. The molecule has 4 nitrogen and oxygen atoms in total. The molecule has 0 N–H and O–H groups in total. The number of ether oxygens (including phenoxy) is 1. The van der Waals surface area contributed by atoms with Crippen LogP contribution in [0.15, 0.2) is 0 Å². The number of hydrogen-bond acceptors (Lipinski definition) is 3. The Morgan fingerprint density at radius 2 is 2.18 bits per heavy atom.